The van der Waals surface area contributed by atoms with Crippen LogP contribution in [0.4, 0.5) is 34.1 Å². The number of nitro groups is 1. The van der Waals surface area contributed by atoms with Crippen molar-refractivity contribution in [3.63, 3.8) is 0 Å². The smallest absolute Gasteiger partial charge is 0.277 e. The summed E-state index contributed by atoms with van der Waals surface area (Å²) >= 11 is 5.66. The van der Waals surface area contributed by atoms with Crippen LogP contribution in [0.2, 0.25) is 0 Å². The van der Waals surface area contributed by atoms with Crippen molar-refractivity contribution < 1.29 is 52.7 Å². The number of amides is 7. The molecule has 27 nitrogen and oxygen atoms in total. The number of carbonyl (C=O) groups is 7. The number of rotatable bonds is 18. The molecule has 28 heteroatoms. The van der Waals surface area contributed by atoms with Crippen LogP contribution in [0.25, 0.3) is 17.1 Å². The summed E-state index contributed by atoms with van der Waals surface area (Å²) in [7, 11) is 4.68. The van der Waals surface area contributed by atoms with Gasteiger partial charge in [-0.2, -0.15) is 15.3 Å². The third kappa shape index (κ3) is 13.5. The van der Waals surface area contributed by atoms with Crippen LogP contribution in [0.15, 0.2) is 146 Å². The van der Waals surface area contributed by atoms with E-state index in [1.165, 1.54) is 43.2 Å². The predicted molar refractivity (Wildman–Crippen MR) is 346 cm³/mol. The summed E-state index contributed by atoms with van der Waals surface area (Å²) in [6, 6.07) is 40.8. The topological polar surface area (TPSA) is 370 Å². The lowest BCUT2D eigenvalue weighted by atomic mass is 10.0. The Kier molecular flexibility index (Phi) is 19.2. The molecule has 93 heavy (non-hydrogen) atoms. The molecule has 476 valence electrons. The van der Waals surface area contributed by atoms with Crippen molar-refractivity contribution in [3.05, 3.63) is 207 Å². The highest BCUT2D eigenvalue weighted by Crippen LogP contribution is 2.34. The van der Waals surface area contributed by atoms with Crippen molar-refractivity contribution in [1.29, 1.82) is 0 Å². The number of alkyl halides is 1. The zero-order valence-corrected chi connectivity index (χ0v) is 51.2. The number of unbranched alkanes of at least 4 members (excludes halogenated alkanes) is 1. The lowest BCUT2D eigenvalue weighted by Gasteiger charge is -2.28. The summed E-state index contributed by atoms with van der Waals surface area (Å²) in [5.74, 6) is -0.543. The number of halogens is 1. The van der Waals surface area contributed by atoms with Gasteiger partial charge in [0, 0.05) is 89.2 Å². The molecule has 6 heterocycles. The number of carbonyl (C=O) groups excluding carboxylic acids is 7. The number of aromatic nitrogens is 6. The van der Waals surface area contributed by atoms with Crippen LogP contribution in [0.5, 0.6) is 17.2 Å². The normalized spacial score (nSPS) is 13.1. The molecule has 3 aliphatic rings. The fourth-order valence-electron chi connectivity index (χ4n) is 10.9. The van der Waals surface area contributed by atoms with Crippen LogP contribution in [-0.4, -0.2) is 122 Å². The molecule has 7 amide bonds. The number of nitrogen functional groups attached to an aromatic ring is 1. The summed E-state index contributed by atoms with van der Waals surface area (Å²) < 4.78 is 19.9. The number of ether oxygens (including phenoxy) is 3. The molecular weight excluding hydrogens is 1220 g/mol. The van der Waals surface area contributed by atoms with Crippen molar-refractivity contribution in [2.45, 2.75) is 38.5 Å². The first-order valence-corrected chi connectivity index (χ1v) is 29.6. The number of nitrogens with two attached hydrogens (primary N) is 4. The molecule has 0 atom stereocenters. The van der Waals surface area contributed by atoms with Crippen LogP contribution in [0.3, 0.4) is 0 Å². The average Bonchev–Trinajstić information content (AvgIpc) is 1.66. The highest BCUT2D eigenvalue weighted by molar-refractivity contribution is 6.18. The van der Waals surface area contributed by atoms with E-state index in [9.17, 15) is 43.7 Å². The van der Waals surface area contributed by atoms with Gasteiger partial charge >= 0.3 is 0 Å². The highest BCUT2D eigenvalue weighted by Gasteiger charge is 2.38. The van der Waals surface area contributed by atoms with E-state index in [1.54, 1.807) is 152 Å². The van der Waals surface area contributed by atoms with Gasteiger partial charge in [-0.05, 0) is 166 Å². The van der Waals surface area contributed by atoms with E-state index in [4.69, 9.17) is 48.7 Å². The molecule has 0 bridgehead atoms. The number of nitrogens with one attached hydrogen (secondary N) is 1. The largest absolute Gasteiger partial charge is 0.497 e. The Hall–Kier alpha value is -11.9. The first-order valence-electron chi connectivity index (χ1n) is 29.0. The molecule has 9 aromatic rings. The molecule has 0 radical (unpaired) electrons. The van der Waals surface area contributed by atoms with E-state index in [0.29, 0.717) is 130 Å². The Bertz CT molecular complexity index is 4320. The number of anilines is 5. The first-order chi connectivity index (χ1) is 44.8. The SMILES string of the molecule is COc1ccc(-n2nc(C(N)=O)c3c2C(=O)N(c2ccc(N)cc2)CC3)cc1.COc1ccc(-n2nc(C(N)=O)c3c2C(=O)N(c2ccc(NC(=O)CCCCCl)cc2)CC3)cc1.COc1ccc(-n2nc(C(N)=O)c3c2C(=O)N(c2ccc([N+](=O)[O-])cc2)CC3)cc1. The molecule has 6 aromatic carbocycles. The Labute approximate surface area is 536 Å². The van der Waals surface area contributed by atoms with Gasteiger partial charge in [-0.3, -0.25) is 43.7 Å². The summed E-state index contributed by atoms with van der Waals surface area (Å²) in [6.45, 7) is 1.08. The number of hydrogen-bond donors (Lipinski definition) is 5. The van der Waals surface area contributed by atoms with Gasteiger partial charge in [-0.25, -0.2) is 14.0 Å². The van der Waals surface area contributed by atoms with E-state index >= 15 is 0 Å². The molecular formula is C65H62ClN15O12. The summed E-state index contributed by atoms with van der Waals surface area (Å²) in [5.41, 5.74) is 30.0. The number of hydrogen-bond acceptors (Lipinski definition) is 16. The van der Waals surface area contributed by atoms with Crippen molar-refractivity contribution in [2.24, 2.45) is 17.2 Å². The van der Waals surface area contributed by atoms with E-state index in [0.717, 1.165) is 18.5 Å². The van der Waals surface area contributed by atoms with Crippen molar-refractivity contribution >= 4 is 87.1 Å². The maximum absolute atomic E-state index is 13.6. The second-order valence-electron chi connectivity index (χ2n) is 21.2. The van der Waals surface area contributed by atoms with Gasteiger partial charge in [0.15, 0.2) is 17.1 Å². The number of methoxy groups -OCH3 is 3. The van der Waals surface area contributed by atoms with E-state index in [-0.39, 0.29) is 58.6 Å². The summed E-state index contributed by atoms with van der Waals surface area (Å²) in [6.07, 6.45) is 3.19. The number of benzene rings is 6. The molecule has 3 aliphatic heterocycles. The first kappa shape index (κ1) is 64.1. The Morgan fingerprint density at radius 1 is 0.495 bits per heavy atom. The minimum Gasteiger partial charge on any atom is -0.497 e. The standard InChI is InChI=1S/C25H26ClN5O4.C20H17N5O5.C20H19N5O3/c1-35-19-11-9-18(10-12-19)31-23-20(22(29-31)24(27)33)13-15-30(25(23)34)17-7-5-16(6-8-17)28-21(32)4-2-3-14-26;1-30-15-8-6-13(7-9-15)24-18-16(17(22-24)19(21)26)10-11-23(20(18)27)12-2-4-14(5-3-12)25(28)29;1-28-15-8-6-14(7-9-15)25-18-16(17(23-25)19(22)26)10-11-24(20(18)27)13-4-2-12(21)3-5-13/h5-12H,2-4,13-15H2,1H3,(H2,27,33)(H,28,32);2-9H,10-11H2,1H3,(H2,21,26);2-9H,10-11,21H2,1H3,(H2,22,26). The molecule has 0 saturated heterocycles. The minimum atomic E-state index is -0.713. The number of fused-ring (bicyclic) bond motifs is 3. The maximum atomic E-state index is 13.6. The molecule has 3 aromatic heterocycles. The van der Waals surface area contributed by atoms with E-state index in [2.05, 4.69) is 20.6 Å². The van der Waals surface area contributed by atoms with Gasteiger partial charge < -0.3 is 57.2 Å². The van der Waals surface area contributed by atoms with Crippen molar-refractivity contribution in [2.75, 3.05) is 72.6 Å². The predicted octanol–water partition coefficient (Wildman–Crippen LogP) is 7.39. The number of nitro benzene ring substituents is 1. The Morgan fingerprint density at radius 2 is 0.806 bits per heavy atom. The number of primary amides is 3. The van der Waals surface area contributed by atoms with Gasteiger partial charge in [0.2, 0.25) is 5.91 Å². The minimum absolute atomic E-state index is 0.0533. The van der Waals surface area contributed by atoms with Crippen LogP contribution in [0.1, 0.15) is 98.9 Å². The van der Waals surface area contributed by atoms with Gasteiger partial charge in [0.05, 0.1) is 43.3 Å². The van der Waals surface area contributed by atoms with Gasteiger partial charge in [0.25, 0.3) is 41.1 Å². The maximum Gasteiger partial charge on any atom is 0.277 e. The van der Waals surface area contributed by atoms with Crippen LogP contribution < -0.4 is 57.2 Å². The monoisotopic (exact) mass is 1280 g/mol. The molecule has 0 aliphatic carbocycles. The second kappa shape index (κ2) is 27.9. The van der Waals surface area contributed by atoms with Crippen LogP contribution in [0, 0.1) is 10.1 Å². The van der Waals surface area contributed by atoms with Gasteiger partial charge in [-0.1, -0.05) is 0 Å². The molecule has 0 unspecified atom stereocenters. The number of nitrogens with zero attached hydrogens (tertiary/aromatic N) is 10. The fraction of sp³-hybridized carbons (Fsp3) is 0.200. The molecule has 0 saturated carbocycles. The highest BCUT2D eigenvalue weighted by atomic mass is 35.5. The van der Waals surface area contributed by atoms with E-state index < -0.39 is 22.6 Å². The third-order valence-electron chi connectivity index (χ3n) is 15.5. The third-order valence-corrected chi connectivity index (χ3v) is 15.8. The lowest BCUT2D eigenvalue weighted by Crippen LogP contribution is -2.39. The van der Waals surface area contributed by atoms with Crippen LogP contribution in [-0.2, 0) is 24.1 Å². The van der Waals surface area contributed by atoms with Gasteiger partial charge in [0.1, 0.15) is 34.3 Å². The summed E-state index contributed by atoms with van der Waals surface area (Å²) in [5, 5.41) is 26.8. The Balaban J connectivity index is 0.000000154. The quantitative estimate of drug-likeness (QED) is 0.0184. The van der Waals surface area contributed by atoms with Crippen LogP contribution >= 0.6 is 11.6 Å². The van der Waals surface area contributed by atoms with E-state index in [1.807, 2.05) is 0 Å². The summed E-state index contributed by atoms with van der Waals surface area (Å²) in [4.78, 5) is 103. The van der Waals surface area contributed by atoms with Crippen molar-refractivity contribution in [3.8, 4) is 34.3 Å². The molecule has 0 spiro atoms. The molecule has 0 fully saturated rings. The second-order valence-corrected chi connectivity index (χ2v) is 21.6. The number of non-ortho nitro benzene ring substituents is 1. The lowest BCUT2D eigenvalue weighted by molar-refractivity contribution is -0.384. The average molecular weight is 1280 g/mol. The Morgan fingerprint density at radius 3 is 1.11 bits per heavy atom. The zero-order chi connectivity index (χ0) is 66.2. The van der Waals surface area contributed by atoms with Gasteiger partial charge in [-0.15, -0.1) is 11.6 Å². The zero-order valence-electron chi connectivity index (χ0n) is 50.5. The fourth-order valence-corrected chi connectivity index (χ4v) is 11.1. The molecule has 9 N–H and O–H groups in total. The molecule has 12 rings (SSSR count). The van der Waals surface area contributed by atoms with Crippen molar-refractivity contribution in [1.82, 2.24) is 29.3 Å².